The molecule has 0 unspecified atom stereocenters. The van der Waals surface area contributed by atoms with Crippen molar-refractivity contribution in [1.82, 2.24) is 4.98 Å². The zero-order valence-corrected chi connectivity index (χ0v) is 9.13. The molecule has 1 aromatic heterocycles. The molecule has 1 aliphatic rings. The fraction of sp³-hybridized carbons (Fsp3) is 0.250. The van der Waals surface area contributed by atoms with Gasteiger partial charge in [0.1, 0.15) is 0 Å². The van der Waals surface area contributed by atoms with Gasteiger partial charge in [0.05, 0.1) is 4.88 Å². The van der Waals surface area contributed by atoms with E-state index < -0.39 is 0 Å². The van der Waals surface area contributed by atoms with Crippen molar-refractivity contribution in [3.05, 3.63) is 36.0 Å². The van der Waals surface area contributed by atoms with Crippen molar-refractivity contribution in [2.45, 2.75) is 18.8 Å². The largest absolute Gasteiger partial charge is 0.375 e. The maximum atomic E-state index is 5.67. The number of thiazole rings is 1. The molecule has 3 heteroatoms. The van der Waals surface area contributed by atoms with Gasteiger partial charge in [-0.1, -0.05) is 35.6 Å². The lowest BCUT2D eigenvalue weighted by atomic mass is 10.0. The highest BCUT2D eigenvalue weighted by Gasteiger charge is 2.26. The Labute approximate surface area is 92.8 Å². The van der Waals surface area contributed by atoms with Crippen LogP contribution in [0.15, 0.2) is 30.5 Å². The van der Waals surface area contributed by atoms with Gasteiger partial charge in [-0.2, -0.15) is 0 Å². The van der Waals surface area contributed by atoms with Crippen LogP contribution < -0.4 is 5.73 Å². The molecule has 0 amide bonds. The van der Waals surface area contributed by atoms with Crippen molar-refractivity contribution in [2.24, 2.45) is 0 Å². The van der Waals surface area contributed by atoms with Gasteiger partial charge in [0, 0.05) is 6.20 Å². The van der Waals surface area contributed by atoms with E-state index in [9.17, 15) is 0 Å². The second-order valence-corrected chi connectivity index (χ2v) is 4.99. The molecule has 2 nitrogen and oxygen atoms in total. The molecule has 1 aliphatic carbocycles. The Bertz CT molecular complexity index is 486. The molecule has 0 spiro atoms. The molecular formula is C12H12N2S. The summed E-state index contributed by atoms with van der Waals surface area (Å²) < 4.78 is 0. The normalized spacial score (nSPS) is 15.5. The summed E-state index contributed by atoms with van der Waals surface area (Å²) in [4.78, 5) is 5.30. The summed E-state index contributed by atoms with van der Waals surface area (Å²) in [5.41, 5.74) is 8.44. The number of benzene rings is 1. The molecular weight excluding hydrogens is 204 g/mol. The van der Waals surface area contributed by atoms with Crippen molar-refractivity contribution >= 4 is 16.5 Å². The minimum Gasteiger partial charge on any atom is -0.375 e. The Balaban J connectivity index is 2.10. The van der Waals surface area contributed by atoms with Crippen LogP contribution in [0.25, 0.3) is 10.4 Å². The van der Waals surface area contributed by atoms with Crippen LogP contribution >= 0.6 is 11.3 Å². The van der Waals surface area contributed by atoms with Gasteiger partial charge in [0.2, 0.25) is 0 Å². The van der Waals surface area contributed by atoms with E-state index in [1.807, 2.05) is 6.20 Å². The Morgan fingerprint density at radius 3 is 2.73 bits per heavy atom. The van der Waals surface area contributed by atoms with Crippen LogP contribution in [0, 0.1) is 0 Å². The van der Waals surface area contributed by atoms with Crippen LogP contribution in [0.5, 0.6) is 0 Å². The average molecular weight is 216 g/mol. The summed E-state index contributed by atoms with van der Waals surface area (Å²) in [6.07, 6.45) is 4.53. The van der Waals surface area contributed by atoms with Crippen LogP contribution in [0.4, 0.5) is 5.13 Å². The molecule has 2 N–H and O–H groups in total. The number of hydrogen-bond donors (Lipinski definition) is 1. The van der Waals surface area contributed by atoms with E-state index in [-0.39, 0.29) is 0 Å². The average Bonchev–Trinajstić information content (AvgIpc) is 3.02. The third kappa shape index (κ3) is 1.63. The van der Waals surface area contributed by atoms with E-state index in [1.54, 1.807) is 11.3 Å². The SMILES string of the molecule is Nc1ncc(-c2ccccc2C2CC2)s1. The summed E-state index contributed by atoms with van der Waals surface area (Å²) >= 11 is 1.57. The lowest BCUT2D eigenvalue weighted by Crippen LogP contribution is -1.83. The van der Waals surface area contributed by atoms with Crippen molar-refractivity contribution < 1.29 is 0 Å². The van der Waals surface area contributed by atoms with Gasteiger partial charge < -0.3 is 5.73 Å². The second kappa shape index (κ2) is 3.35. The highest BCUT2D eigenvalue weighted by molar-refractivity contribution is 7.18. The third-order valence-electron chi connectivity index (χ3n) is 2.77. The van der Waals surface area contributed by atoms with Gasteiger partial charge in [0.15, 0.2) is 5.13 Å². The summed E-state index contributed by atoms with van der Waals surface area (Å²) in [5, 5.41) is 0.649. The minimum absolute atomic E-state index is 0.649. The first-order valence-electron chi connectivity index (χ1n) is 5.15. The Morgan fingerprint density at radius 1 is 1.27 bits per heavy atom. The predicted molar refractivity (Wildman–Crippen MR) is 63.9 cm³/mol. The first-order valence-corrected chi connectivity index (χ1v) is 5.97. The van der Waals surface area contributed by atoms with Crippen LogP contribution in [0.1, 0.15) is 24.3 Å². The van der Waals surface area contributed by atoms with Gasteiger partial charge in [-0.05, 0) is 29.9 Å². The van der Waals surface area contributed by atoms with Gasteiger partial charge in [0.25, 0.3) is 0 Å². The standard InChI is InChI=1S/C12H12N2S/c13-12-14-7-11(15-12)10-4-2-1-3-9(10)8-5-6-8/h1-4,7-8H,5-6H2,(H2,13,14). The summed E-state index contributed by atoms with van der Waals surface area (Å²) in [6.45, 7) is 0. The van der Waals surface area contributed by atoms with E-state index in [0.717, 1.165) is 5.92 Å². The smallest absolute Gasteiger partial charge is 0.180 e. The maximum absolute atomic E-state index is 5.67. The van der Waals surface area contributed by atoms with Crippen molar-refractivity contribution in [3.63, 3.8) is 0 Å². The minimum atomic E-state index is 0.649. The number of nitrogens with zero attached hydrogens (tertiary/aromatic N) is 1. The predicted octanol–water partition coefficient (Wildman–Crippen LogP) is 3.27. The lowest BCUT2D eigenvalue weighted by Gasteiger charge is -2.04. The zero-order chi connectivity index (χ0) is 10.3. The number of aromatic nitrogens is 1. The first kappa shape index (κ1) is 8.92. The number of anilines is 1. The summed E-state index contributed by atoms with van der Waals surface area (Å²) in [6, 6.07) is 8.59. The highest BCUT2D eigenvalue weighted by Crippen LogP contribution is 2.45. The number of rotatable bonds is 2. The van der Waals surface area contributed by atoms with E-state index in [4.69, 9.17) is 5.73 Å². The van der Waals surface area contributed by atoms with Gasteiger partial charge in [-0.25, -0.2) is 4.98 Å². The molecule has 76 valence electrons. The molecule has 2 aromatic rings. The lowest BCUT2D eigenvalue weighted by molar-refractivity contribution is 1.13. The molecule has 0 atom stereocenters. The van der Waals surface area contributed by atoms with Crippen LogP contribution in [-0.2, 0) is 0 Å². The maximum Gasteiger partial charge on any atom is 0.180 e. The molecule has 1 saturated carbocycles. The Hall–Kier alpha value is -1.35. The van der Waals surface area contributed by atoms with E-state index in [2.05, 4.69) is 29.2 Å². The second-order valence-electron chi connectivity index (χ2n) is 3.92. The van der Waals surface area contributed by atoms with Crippen molar-refractivity contribution in [1.29, 1.82) is 0 Å². The molecule has 3 rings (SSSR count). The van der Waals surface area contributed by atoms with Crippen molar-refractivity contribution in [2.75, 3.05) is 5.73 Å². The first-order chi connectivity index (χ1) is 7.34. The Morgan fingerprint density at radius 2 is 2.07 bits per heavy atom. The van der Waals surface area contributed by atoms with Gasteiger partial charge >= 0.3 is 0 Å². The van der Waals surface area contributed by atoms with Crippen LogP contribution in [0.3, 0.4) is 0 Å². The number of hydrogen-bond acceptors (Lipinski definition) is 3. The van der Waals surface area contributed by atoms with E-state index in [1.165, 1.54) is 28.8 Å². The zero-order valence-electron chi connectivity index (χ0n) is 8.31. The highest BCUT2D eigenvalue weighted by atomic mass is 32.1. The van der Waals surface area contributed by atoms with Gasteiger partial charge in [-0.3, -0.25) is 0 Å². The summed E-state index contributed by atoms with van der Waals surface area (Å²) in [7, 11) is 0. The summed E-state index contributed by atoms with van der Waals surface area (Å²) in [5.74, 6) is 0.768. The van der Waals surface area contributed by atoms with E-state index >= 15 is 0 Å². The monoisotopic (exact) mass is 216 g/mol. The quantitative estimate of drug-likeness (QED) is 0.836. The fourth-order valence-corrected chi connectivity index (χ4v) is 2.62. The molecule has 0 aliphatic heterocycles. The topological polar surface area (TPSA) is 38.9 Å². The molecule has 1 fully saturated rings. The van der Waals surface area contributed by atoms with Crippen LogP contribution in [0.2, 0.25) is 0 Å². The molecule has 0 saturated heterocycles. The molecule has 0 radical (unpaired) electrons. The van der Waals surface area contributed by atoms with Crippen molar-refractivity contribution in [3.8, 4) is 10.4 Å². The number of nitrogens with two attached hydrogens (primary N) is 1. The van der Waals surface area contributed by atoms with Crippen LogP contribution in [-0.4, -0.2) is 4.98 Å². The molecule has 15 heavy (non-hydrogen) atoms. The molecule has 1 aromatic carbocycles. The Kier molecular flexibility index (Phi) is 1.99. The fourth-order valence-electron chi connectivity index (χ4n) is 1.88. The third-order valence-corrected chi connectivity index (χ3v) is 3.63. The number of nitrogen functional groups attached to an aromatic ring is 1. The van der Waals surface area contributed by atoms with Gasteiger partial charge in [-0.15, -0.1) is 0 Å². The molecule has 0 bridgehead atoms. The van der Waals surface area contributed by atoms with E-state index in [0.29, 0.717) is 5.13 Å². The molecule has 1 heterocycles.